The maximum Gasteiger partial charge on any atom is 0.446 e. The van der Waals surface area contributed by atoms with Crippen LogP contribution in [0.15, 0.2) is 48.5 Å². The molecule has 5 aromatic rings. The minimum Gasteiger partial charge on any atom is -0.493 e. The number of ether oxygens (including phenoxy) is 1. The Morgan fingerprint density at radius 3 is 2.29 bits per heavy atom. The highest BCUT2D eigenvalue weighted by atomic mass is 32.3. The summed E-state index contributed by atoms with van der Waals surface area (Å²) in [6.45, 7) is 0. The fourth-order valence-electron chi connectivity index (χ4n) is 3.98. The highest BCUT2D eigenvalue weighted by molar-refractivity contribution is 7.84. The summed E-state index contributed by atoms with van der Waals surface area (Å²) in [7, 11) is -8.45. The Labute approximate surface area is 175 Å². The van der Waals surface area contributed by atoms with E-state index in [4.69, 9.17) is 9.29 Å². The van der Waals surface area contributed by atoms with Gasteiger partial charge in [0.2, 0.25) is 0 Å². The SMILES string of the molecule is COc1cc2c3c4[nH]c5ccccc5c4ccc3n(S(=O)(=O)O)c2cc1OS(=O)(=O)O. The Morgan fingerprint density at radius 2 is 1.61 bits per heavy atom. The summed E-state index contributed by atoms with van der Waals surface area (Å²) in [6.07, 6.45) is 0. The van der Waals surface area contributed by atoms with Crippen LogP contribution < -0.4 is 8.92 Å². The van der Waals surface area contributed by atoms with Gasteiger partial charge < -0.3 is 13.9 Å². The number of aromatic amines is 1. The number of fused-ring (bicyclic) bond motifs is 7. The number of H-pyrrole nitrogens is 1. The van der Waals surface area contributed by atoms with Crippen molar-refractivity contribution in [2.24, 2.45) is 0 Å². The Balaban J connectivity index is 2.03. The maximum atomic E-state index is 12.2. The molecule has 0 spiro atoms. The van der Waals surface area contributed by atoms with Crippen LogP contribution in [0.1, 0.15) is 0 Å². The predicted octanol–water partition coefficient (Wildman–Crippen LogP) is 3.27. The van der Waals surface area contributed by atoms with E-state index in [-0.39, 0.29) is 16.8 Å². The normalized spacial score (nSPS) is 12.9. The molecule has 0 aliphatic carbocycles. The first-order valence-corrected chi connectivity index (χ1v) is 11.5. The number of nitrogens with zero attached hydrogens (tertiary/aromatic N) is 1. The van der Waals surface area contributed by atoms with Crippen LogP contribution in [0.3, 0.4) is 0 Å². The quantitative estimate of drug-likeness (QED) is 0.345. The fourth-order valence-corrected chi connectivity index (χ4v) is 5.14. The number of hydrogen-bond acceptors (Lipinski definition) is 6. The number of nitrogens with one attached hydrogen (secondary N) is 1. The molecule has 0 bridgehead atoms. The van der Waals surface area contributed by atoms with E-state index < -0.39 is 26.5 Å². The zero-order valence-electron chi connectivity index (χ0n) is 15.7. The minimum absolute atomic E-state index is 0.0624. The summed E-state index contributed by atoms with van der Waals surface area (Å²) >= 11 is 0. The standard InChI is InChI=1S/C19H14N2O8S2/c1-28-16-8-12-15(9-17(16)29-31(25,26)27)21(30(22,23)24)14-7-6-11-10-4-2-3-5-13(10)20-19(11)18(12)14/h2-9,20H,1H3,(H,22,23,24)(H,25,26,27). The lowest BCUT2D eigenvalue weighted by Crippen LogP contribution is -2.11. The highest BCUT2D eigenvalue weighted by Gasteiger charge is 2.25. The lowest BCUT2D eigenvalue weighted by molar-refractivity contribution is 0.361. The van der Waals surface area contributed by atoms with Crippen LogP contribution in [-0.4, -0.2) is 42.0 Å². The van der Waals surface area contributed by atoms with Crippen molar-refractivity contribution in [3.8, 4) is 11.5 Å². The summed E-state index contributed by atoms with van der Waals surface area (Å²) in [5.74, 6) is -0.509. The van der Waals surface area contributed by atoms with Crippen LogP contribution >= 0.6 is 0 Å². The van der Waals surface area contributed by atoms with E-state index in [0.29, 0.717) is 20.3 Å². The van der Waals surface area contributed by atoms with E-state index in [2.05, 4.69) is 9.17 Å². The summed E-state index contributed by atoms with van der Waals surface area (Å²) in [4.78, 5) is 3.27. The molecule has 12 heteroatoms. The smallest absolute Gasteiger partial charge is 0.446 e. The van der Waals surface area contributed by atoms with Gasteiger partial charge in [-0.1, -0.05) is 24.3 Å². The van der Waals surface area contributed by atoms with E-state index in [1.54, 1.807) is 12.1 Å². The molecule has 10 nitrogen and oxygen atoms in total. The summed E-state index contributed by atoms with van der Waals surface area (Å²) in [5.41, 5.74) is 1.54. The summed E-state index contributed by atoms with van der Waals surface area (Å²) in [6, 6.07) is 13.2. The van der Waals surface area contributed by atoms with Gasteiger partial charge in [-0.15, -0.1) is 0 Å². The highest BCUT2D eigenvalue weighted by Crippen LogP contribution is 2.42. The van der Waals surface area contributed by atoms with E-state index in [1.807, 2.05) is 24.3 Å². The first-order valence-electron chi connectivity index (χ1n) is 8.79. The number of aromatic nitrogens is 2. The zero-order chi connectivity index (χ0) is 22.1. The first-order chi connectivity index (χ1) is 14.6. The fraction of sp³-hybridized carbons (Fsp3) is 0.0526. The van der Waals surface area contributed by atoms with Gasteiger partial charge in [0.05, 0.1) is 23.7 Å². The molecule has 0 unspecified atom stereocenters. The van der Waals surface area contributed by atoms with Gasteiger partial charge in [0.15, 0.2) is 11.5 Å². The minimum atomic E-state index is -4.92. The number of rotatable bonds is 4. The number of hydrogen-bond donors (Lipinski definition) is 3. The van der Waals surface area contributed by atoms with E-state index in [0.717, 1.165) is 22.4 Å². The summed E-state index contributed by atoms with van der Waals surface area (Å²) < 4.78 is 76.3. The molecule has 160 valence electrons. The van der Waals surface area contributed by atoms with Crippen LogP contribution in [-0.2, 0) is 20.7 Å². The van der Waals surface area contributed by atoms with Crippen molar-refractivity contribution in [2.45, 2.75) is 0 Å². The Hall–Kier alpha value is -3.32. The van der Waals surface area contributed by atoms with Gasteiger partial charge in [-0.3, -0.25) is 9.11 Å². The van der Waals surface area contributed by atoms with Gasteiger partial charge in [-0.2, -0.15) is 16.8 Å². The van der Waals surface area contributed by atoms with Gasteiger partial charge in [-0.25, -0.2) is 3.97 Å². The summed E-state index contributed by atoms with van der Waals surface area (Å²) in [5, 5.41) is 2.57. The molecule has 5 rings (SSSR count). The van der Waals surface area contributed by atoms with E-state index in [9.17, 15) is 21.4 Å². The second-order valence-corrected chi connectivity index (χ2v) is 9.11. The molecule has 0 saturated carbocycles. The lowest BCUT2D eigenvalue weighted by atomic mass is 10.1. The van der Waals surface area contributed by atoms with Crippen molar-refractivity contribution >= 4 is 64.3 Å². The van der Waals surface area contributed by atoms with Crippen molar-refractivity contribution in [3.05, 3.63) is 48.5 Å². The van der Waals surface area contributed by atoms with Crippen LogP contribution in [0.25, 0.3) is 43.6 Å². The maximum absolute atomic E-state index is 12.2. The third-order valence-corrected chi connectivity index (χ3v) is 6.32. The largest absolute Gasteiger partial charge is 0.493 e. The van der Waals surface area contributed by atoms with Crippen molar-refractivity contribution in [1.29, 1.82) is 0 Å². The number of para-hydroxylation sites is 1. The molecule has 3 aromatic carbocycles. The van der Waals surface area contributed by atoms with Crippen LogP contribution in [0.2, 0.25) is 0 Å². The van der Waals surface area contributed by atoms with Crippen molar-refractivity contribution < 1.29 is 34.9 Å². The molecule has 2 heterocycles. The predicted molar refractivity (Wildman–Crippen MR) is 114 cm³/mol. The molecule has 3 N–H and O–H groups in total. The number of methoxy groups -OCH3 is 1. The molecule has 0 radical (unpaired) electrons. The van der Waals surface area contributed by atoms with Crippen LogP contribution in [0, 0.1) is 0 Å². The molecule has 0 atom stereocenters. The molecule has 2 aromatic heterocycles. The molecule has 0 amide bonds. The average molecular weight is 462 g/mol. The second kappa shape index (κ2) is 6.34. The third-order valence-electron chi connectivity index (χ3n) is 5.07. The monoisotopic (exact) mass is 462 g/mol. The Morgan fingerprint density at radius 1 is 0.871 bits per heavy atom. The number of benzene rings is 3. The molecule has 0 fully saturated rings. The molecule has 31 heavy (non-hydrogen) atoms. The van der Waals surface area contributed by atoms with E-state index in [1.165, 1.54) is 13.2 Å². The van der Waals surface area contributed by atoms with Gasteiger partial charge in [0, 0.05) is 33.1 Å². The van der Waals surface area contributed by atoms with Crippen LogP contribution in [0.5, 0.6) is 11.5 Å². The van der Waals surface area contributed by atoms with Crippen molar-refractivity contribution in [1.82, 2.24) is 8.96 Å². The molecule has 0 aliphatic rings. The van der Waals surface area contributed by atoms with Crippen LogP contribution in [0.4, 0.5) is 0 Å². The van der Waals surface area contributed by atoms with Gasteiger partial charge in [-0.05, 0) is 18.2 Å². The van der Waals surface area contributed by atoms with Gasteiger partial charge in [0.1, 0.15) is 0 Å². The van der Waals surface area contributed by atoms with E-state index >= 15 is 0 Å². The topological polar surface area (TPSA) is 148 Å². The van der Waals surface area contributed by atoms with Crippen molar-refractivity contribution in [3.63, 3.8) is 0 Å². The molecular formula is C19H14N2O8S2. The first kappa shape index (κ1) is 19.6. The average Bonchev–Trinajstić information content (AvgIpc) is 3.20. The Bertz CT molecular complexity index is 1750. The molecule has 0 aliphatic heterocycles. The second-order valence-electron chi connectivity index (χ2n) is 6.83. The third kappa shape index (κ3) is 2.99. The lowest BCUT2D eigenvalue weighted by Gasteiger charge is -2.09. The molecular weight excluding hydrogens is 448 g/mol. The molecule has 0 saturated heterocycles. The van der Waals surface area contributed by atoms with Gasteiger partial charge in [0.25, 0.3) is 0 Å². The van der Waals surface area contributed by atoms with Gasteiger partial charge >= 0.3 is 20.7 Å². The Kier molecular flexibility index (Phi) is 4.02. The zero-order valence-corrected chi connectivity index (χ0v) is 17.4. The van der Waals surface area contributed by atoms with Crippen molar-refractivity contribution in [2.75, 3.05) is 7.11 Å².